The molecule has 0 bridgehead atoms. The number of pyridine rings is 1. The molecule has 19 heavy (non-hydrogen) atoms. The lowest BCUT2D eigenvalue weighted by molar-refractivity contribution is 0.573. The average molecular weight is 263 g/mol. The van der Waals surface area contributed by atoms with Gasteiger partial charge in [-0.1, -0.05) is 18.6 Å². The quantitative estimate of drug-likeness (QED) is 0.654. The molecule has 0 saturated heterocycles. The molecule has 4 heteroatoms. The summed E-state index contributed by atoms with van der Waals surface area (Å²) in [7, 11) is 0. The molecule has 0 radical (unpaired) electrons. The van der Waals surface area contributed by atoms with Crippen LogP contribution < -0.4 is 10.2 Å². The van der Waals surface area contributed by atoms with Crippen molar-refractivity contribution in [2.45, 2.75) is 33.2 Å². The zero-order chi connectivity index (χ0) is 13.7. The van der Waals surface area contributed by atoms with E-state index < -0.39 is 0 Å². The Bertz CT molecular complexity index is 457. The van der Waals surface area contributed by atoms with Crippen molar-refractivity contribution in [3.8, 4) is 0 Å². The number of rotatable bonds is 5. The summed E-state index contributed by atoms with van der Waals surface area (Å²) < 4.78 is 14.4. The zero-order valence-electron chi connectivity index (χ0n) is 11.7. The number of hydrogen-bond acceptors (Lipinski definition) is 3. The van der Waals surface area contributed by atoms with Crippen LogP contribution in [0.2, 0.25) is 0 Å². The van der Waals surface area contributed by atoms with Crippen LogP contribution in [0.15, 0.2) is 23.9 Å². The maximum absolute atomic E-state index is 14.4. The van der Waals surface area contributed by atoms with Gasteiger partial charge >= 0.3 is 0 Å². The van der Waals surface area contributed by atoms with Gasteiger partial charge in [0.15, 0.2) is 11.6 Å². The largest absolute Gasteiger partial charge is 0.350 e. The van der Waals surface area contributed by atoms with E-state index in [-0.39, 0.29) is 5.82 Å². The Hall–Kier alpha value is -1.42. The third-order valence-corrected chi connectivity index (χ3v) is 3.32. The van der Waals surface area contributed by atoms with Crippen molar-refractivity contribution in [2.75, 3.05) is 24.5 Å². The zero-order valence-corrected chi connectivity index (χ0v) is 11.7. The van der Waals surface area contributed by atoms with Crippen LogP contribution in [-0.2, 0) is 6.54 Å². The highest BCUT2D eigenvalue weighted by molar-refractivity contribution is 5.45. The smallest absolute Gasteiger partial charge is 0.170 e. The normalized spacial score (nSPS) is 15.5. The van der Waals surface area contributed by atoms with E-state index in [4.69, 9.17) is 0 Å². The van der Waals surface area contributed by atoms with Gasteiger partial charge in [-0.05, 0) is 32.4 Å². The van der Waals surface area contributed by atoms with E-state index in [1.165, 1.54) is 5.57 Å². The summed E-state index contributed by atoms with van der Waals surface area (Å²) in [6.07, 6.45) is 5.93. The van der Waals surface area contributed by atoms with Crippen LogP contribution >= 0.6 is 0 Å². The predicted molar refractivity (Wildman–Crippen MR) is 76.8 cm³/mol. The fraction of sp³-hybridized carbons (Fsp3) is 0.533. The summed E-state index contributed by atoms with van der Waals surface area (Å²) in [5.74, 6) is 0.309. The molecule has 0 fully saturated rings. The molecule has 0 unspecified atom stereocenters. The Labute approximate surface area is 114 Å². The van der Waals surface area contributed by atoms with Crippen molar-refractivity contribution >= 4 is 5.82 Å². The second-order valence-electron chi connectivity index (χ2n) is 5.05. The molecule has 1 aliphatic heterocycles. The first-order valence-electron chi connectivity index (χ1n) is 6.97. The van der Waals surface area contributed by atoms with E-state index >= 15 is 0 Å². The predicted octanol–water partition coefficient (Wildman–Crippen LogP) is 2.88. The molecule has 1 aliphatic rings. The molecule has 2 rings (SSSR count). The summed E-state index contributed by atoms with van der Waals surface area (Å²) in [6.45, 7) is 7.27. The van der Waals surface area contributed by atoms with Crippen LogP contribution in [0.5, 0.6) is 0 Å². The molecule has 1 aromatic heterocycles. The van der Waals surface area contributed by atoms with E-state index in [1.807, 2.05) is 4.90 Å². The first kappa shape index (κ1) is 14.0. The van der Waals surface area contributed by atoms with Crippen molar-refractivity contribution in [1.82, 2.24) is 10.3 Å². The van der Waals surface area contributed by atoms with E-state index in [0.29, 0.717) is 17.9 Å². The molecule has 0 spiro atoms. The molecule has 0 amide bonds. The van der Waals surface area contributed by atoms with Gasteiger partial charge in [0.05, 0.1) is 0 Å². The minimum Gasteiger partial charge on any atom is -0.350 e. The molecule has 0 atom stereocenters. The second kappa shape index (κ2) is 6.66. The monoisotopic (exact) mass is 263 g/mol. The molecule has 104 valence electrons. The standard InChI is InChI=1S/C15H22FN3/c1-3-7-17-10-13-6-8-18-15(14(13)16)19-9-4-5-12(2)11-19/h5-6,8,17H,3-4,7,9-11H2,1-2H3. The van der Waals surface area contributed by atoms with Crippen molar-refractivity contribution in [3.05, 3.63) is 35.3 Å². The van der Waals surface area contributed by atoms with Gasteiger partial charge in [0, 0.05) is 31.4 Å². The Morgan fingerprint density at radius 2 is 2.32 bits per heavy atom. The van der Waals surface area contributed by atoms with E-state index in [1.54, 1.807) is 12.3 Å². The van der Waals surface area contributed by atoms with Crippen LogP contribution in [0.4, 0.5) is 10.2 Å². The van der Waals surface area contributed by atoms with Crippen LogP contribution in [0.3, 0.4) is 0 Å². The molecule has 0 aliphatic carbocycles. The summed E-state index contributed by atoms with van der Waals surface area (Å²) in [5.41, 5.74) is 1.98. The third kappa shape index (κ3) is 3.53. The molecule has 3 nitrogen and oxygen atoms in total. The number of halogens is 1. The highest BCUT2D eigenvalue weighted by atomic mass is 19.1. The minimum absolute atomic E-state index is 0.180. The van der Waals surface area contributed by atoms with Crippen molar-refractivity contribution in [2.24, 2.45) is 0 Å². The Morgan fingerprint density at radius 1 is 1.47 bits per heavy atom. The maximum Gasteiger partial charge on any atom is 0.170 e. The van der Waals surface area contributed by atoms with Crippen molar-refractivity contribution in [1.29, 1.82) is 0 Å². The SMILES string of the molecule is CCCNCc1ccnc(N2CCC=C(C)C2)c1F. The lowest BCUT2D eigenvalue weighted by Crippen LogP contribution is -2.31. The Morgan fingerprint density at radius 3 is 3.05 bits per heavy atom. The molecule has 1 N–H and O–H groups in total. The summed E-state index contributed by atoms with van der Waals surface area (Å²) >= 11 is 0. The first-order valence-corrected chi connectivity index (χ1v) is 6.97. The highest BCUT2D eigenvalue weighted by Crippen LogP contribution is 2.22. The van der Waals surface area contributed by atoms with Crippen LogP contribution in [0.1, 0.15) is 32.3 Å². The van der Waals surface area contributed by atoms with Crippen LogP contribution in [0.25, 0.3) is 0 Å². The van der Waals surface area contributed by atoms with E-state index in [9.17, 15) is 4.39 Å². The number of nitrogens with one attached hydrogen (secondary N) is 1. The van der Waals surface area contributed by atoms with E-state index in [2.05, 4.69) is 30.2 Å². The van der Waals surface area contributed by atoms with Gasteiger partial charge in [0.25, 0.3) is 0 Å². The van der Waals surface area contributed by atoms with Crippen LogP contribution in [-0.4, -0.2) is 24.6 Å². The number of nitrogens with zero attached hydrogens (tertiary/aromatic N) is 2. The molecular weight excluding hydrogens is 241 g/mol. The first-order chi connectivity index (χ1) is 9.22. The van der Waals surface area contributed by atoms with Gasteiger partial charge in [-0.2, -0.15) is 0 Å². The topological polar surface area (TPSA) is 28.2 Å². The number of anilines is 1. The van der Waals surface area contributed by atoms with E-state index in [0.717, 1.165) is 32.5 Å². The maximum atomic E-state index is 14.4. The summed E-state index contributed by atoms with van der Waals surface area (Å²) in [5, 5.41) is 3.23. The van der Waals surface area contributed by atoms with Gasteiger partial charge in [-0.3, -0.25) is 0 Å². The molecular formula is C15H22FN3. The fourth-order valence-corrected chi connectivity index (χ4v) is 2.32. The van der Waals surface area contributed by atoms with Gasteiger partial charge in [0.2, 0.25) is 0 Å². The number of aromatic nitrogens is 1. The average Bonchev–Trinajstić information content (AvgIpc) is 2.41. The van der Waals surface area contributed by atoms with Gasteiger partial charge in [-0.25, -0.2) is 9.37 Å². The Balaban J connectivity index is 2.13. The van der Waals surface area contributed by atoms with Crippen molar-refractivity contribution in [3.63, 3.8) is 0 Å². The van der Waals surface area contributed by atoms with Gasteiger partial charge in [0.1, 0.15) is 0 Å². The highest BCUT2D eigenvalue weighted by Gasteiger charge is 2.18. The summed E-state index contributed by atoms with van der Waals surface area (Å²) in [6, 6.07) is 1.76. The molecule has 0 aromatic carbocycles. The fourth-order valence-electron chi connectivity index (χ4n) is 2.32. The van der Waals surface area contributed by atoms with Gasteiger partial charge < -0.3 is 10.2 Å². The minimum atomic E-state index is -0.180. The summed E-state index contributed by atoms with van der Waals surface area (Å²) in [4.78, 5) is 6.24. The molecule has 1 aromatic rings. The lowest BCUT2D eigenvalue weighted by Gasteiger charge is -2.28. The third-order valence-electron chi connectivity index (χ3n) is 3.32. The molecule has 2 heterocycles. The lowest BCUT2D eigenvalue weighted by atomic mass is 10.1. The Kier molecular flexibility index (Phi) is 4.91. The number of hydrogen-bond donors (Lipinski definition) is 1. The second-order valence-corrected chi connectivity index (χ2v) is 5.05. The van der Waals surface area contributed by atoms with Crippen LogP contribution in [0, 0.1) is 5.82 Å². The van der Waals surface area contributed by atoms with Gasteiger partial charge in [-0.15, -0.1) is 0 Å². The van der Waals surface area contributed by atoms with Crippen molar-refractivity contribution < 1.29 is 4.39 Å². The molecule has 0 saturated carbocycles.